The van der Waals surface area contributed by atoms with E-state index in [9.17, 15) is 19.2 Å². The average Bonchev–Trinajstić information content (AvgIpc) is 3.19. The molecule has 1 aliphatic rings. The lowest BCUT2D eigenvalue weighted by Crippen LogP contribution is -2.49. The molecule has 2 atom stereocenters. The van der Waals surface area contributed by atoms with Crippen LogP contribution in [0.3, 0.4) is 0 Å². The summed E-state index contributed by atoms with van der Waals surface area (Å²) in [5, 5.41) is 12.8. The predicted octanol–water partition coefficient (Wildman–Crippen LogP) is 1.27. The van der Waals surface area contributed by atoms with Gasteiger partial charge in [0.1, 0.15) is 12.6 Å². The molecule has 0 saturated carbocycles. The molecular formula is C19H29N5O5. The molecule has 160 valence electrons. The molecule has 1 aromatic rings. The number of urea groups is 1. The molecule has 4 amide bonds. The number of ketones is 1. The summed E-state index contributed by atoms with van der Waals surface area (Å²) < 4.78 is 5.48. The summed E-state index contributed by atoms with van der Waals surface area (Å²) in [4.78, 5) is 50.5. The molecule has 2 heterocycles. The van der Waals surface area contributed by atoms with Crippen LogP contribution in [0.2, 0.25) is 0 Å². The van der Waals surface area contributed by atoms with Gasteiger partial charge in [-0.3, -0.25) is 19.3 Å². The number of hydrogen-bond donors (Lipinski definition) is 2. The van der Waals surface area contributed by atoms with Crippen molar-refractivity contribution in [2.45, 2.75) is 66.0 Å². The number of amides is 4. The molecule has 0 aromatic carbocycles. The summed E-state index contributed by atoms with van der Waals surface area (Å²) in [6, 6.07) is -2.22. The van der Waals surface area contributed by atoms with Gasteiger partial charge in [-0.1, -0.05) is 48.5 Å². The van der Waals surface area contributed by atoms with Crippen LogP contribution in [0.5, 0.6) is 0 Å². The molecule has 2 N–H and O–H groups in total. The van der Waals surface area contributed by atoms with E-state index in [0.29, 0.717) is 5.89 Å². The van der Waals surface area contributed by atoms with Crippen LogP contribution in [-0.2, 0) is 15.0 Å². The van der Waals surface area contributed by atoms with Crippen molar-refractivity contribution >= 4 is 23.6 Å². The molecule has 1 aromatic heterocycles. The second-order valence-electron chi connectivity index (χ2n) is 8.91. The quantitative estimate of drug-likeness (QED) is 0.513. The van der Waals surface area contributed by atoms with Gasteiger partial charge in [0.2, 0.25) is 17.6 Å². The fraction of sp³-hybridized carbons (Fsp3) is 0.684. The molecule has 0 spiro atoms. The van der Waals surface area contributed by atoms with Gasteiger partial charge in [-0.15, -0.1) is 10.2 Å². The minimum atomic E-state index is -0.933. The van der Waals surface area contributed by atoms with E-state index in [2.05, 4.69) is 20.8 Å². The number of nitrogens with zero attached hydrogens (tertiary/aromatic N) is 3. The van der Waals surface area contributed by atoms with Gasteiger partial charge in [0.15, 0.2) is 0 Å². The van der Waals surface area contributed by atoms with Crippen LogP contribution in [-0.4, -0.2) is 57.4 Å². The topological polar surface area (TPSA) is 134 Å². The highest BCUT2D eigenvalue weighted by Crippen LogP contribution is 2.21. The molecule has 1 aliphatic heterocycles. The summed E-state index contributed by atoms with van der Waals surface area (Å²) in [5.41, 5.74) is -0.418. The van der Waals surface area contributed by atoms with Crippen LogP contribution in [0.25, 0.3) is 0 Å². The van der Waals surface area contributed by atoms with E-state index in [-0.39, 0.29) is 17.7 Å². The minimum Gasteiger partial charge on any atom is -0.418 e. The lowest BCUT2D eigenvalue weighted by atomic mass is 9.97. The predicted molar refractivity (Wildman–Crippen MR) is 103 cm³/mol. The van der Waals surface area contributed by atoms with Crippen molar-refractivity contribution in [3.63, 3.8) is 0 Å². The maximum atomic E-state index is 12.8. The highest BCUT2D eigenvalue weighted by atomic mass is 16.4. The first kappa shape index (κ1) is 22.5. The largest absolute Gasteiger partial charge is 0.418 e. The number of carbonyl (C=O) groups is 4. The Labute approximate surface area is 169 Å². The summed E-state index contributed by atoms with van der Waals surface area (Å²) in [5.74, 6) is -1.85. The smallest absolute Gasteiger partial charge is 0.325 e. The molecule has 10 heteroatoms. The molecule has 0 bridgehead atoms. The Morgan fingerprint density at radius 1 is 1.17 bits per heavy atom. The lowest BCUT2D eigenvalue weighted by Gasteiger charge is -2.21. The van der Waals surface area contributed by atoms with Gasteiger partial charge in [0, 0.05) is 5.41 Å². The first-order valence-corrected chi connectivity index (χ1v) is 9.62. The standard InChI is InChI=1S/C19H29N5O5/c1-9(2)12(14(26)15-22-23-17(29-15)19(5,6)7)20-11(25)8-24-16(27)13(10(3)4)21-18(24)28/h9-10,12-13H,8H2,1-7H3,(H,20,25)(H,21,28)/t12-,13+/m0/s1. The molecular weight excluding hydrogens is 378 g/mol. The Bertz CT molecular complexity index is 808. The normalized spacial score (nSPS) is 18.4. The Morgan fingerprint density at radius 2 is 1.79 bits per heavy atom. The molecule has 1 fully saturated rings. The highest BCUT2D eigenvalue weighted by molar-refractivity contribution is 6.07. The molecule has 29 heavy (non-hydrogen) atoms. The van der Waals surface area contributed by atoms with E-state index in [0.717, 1.165) is 4.90 Å². The first-order chi connectivity index (χ1) is 13.3. The van der Waals surface area contributed by atoms with Crippen molar-refractivity contribution in [3.05, 3.63) is 11.8 Å². The van der Waals surface area contributed by atoms with Gasteiger partial charge in [0.05, 0.1) is 6.04 Å². The fourth-order valence-corrected chi connectivity index (χ4v) is 2.80. The van der Waals surface area contributed by atoms with Crippen LogP contribution in [0.1, 0.15) is 65.0 Å². The highest BCUT2D eigenvalue weighted by Gasteiger charge is 2.41. The zero-order valence-corrected chi connectivity index (χ0v) is 17.9. The van der Waals surface area contributed by atoms with E-state index < -0.39 is 47.7 Å². The Kier molecular flexibility index (Phi) is 6.44. The van der Waals surface area contributed by atoms with Gasteiger partial charge < -0.3 is 15.1 Å². The van der Waals surface area contributed by atoms with E-state index in [1.54, 1.807) is 27.7 Å². The van der Waals surface area contributed by atoms with Crippen molar-refractivity contribution in [2.75, 3.05) is 6.54 Å². The third-order valence-electron chi connectivity index (χ3n) is 4.57. The maximum absolute atomic E-state index is 12.8. The summed E-state index contributed by atoms with van der Waals surface area (Å²) in [6.07, 6.45) is 0. The molecule has 1 saturated heterocycles. The van der Waals surface area contributed by atoms with Crippen molar-refractivity contribution in [2.24, 2.45) is 11.8 Å². The van der Waals surface area contributed by atoms with Crippen molar-refractivity contribution < 1.29 is 23.6 Å². The Balaban J connectivity index is 2.09. The van der Waals surface area contributed by atoms with Crippen LogP contribution >= 0.6 is 0 Å². The second-order valence-corrected chi connectivity index (χ2v) is 8.91. The van der Waals surface area contributed by atoms with E-state index in [4.69, 9.17) is 4.42 Å². The number of aromatic nitrogens is 2. The molecule has 0 unspecified atom stereocenters. The number of nitrogens with one attached hydrogen (secondary N) is 2. The zero-order valence-electron chi connectivity index (χ0n) is 17.9. The van der Waals surface area contributed by atoms with Gasteiger partial charge in [-0.25, -0.2) is 4.79 Å². The molecule has 0 aliphatic carbocycles. The van der Waals surface area contributed by atoms with E-state index in [1.165, 1.54) is 0 Å². The van der Waals surface area contributed by atoms with Gasteiger partial charge >= 0.3 is 6.03 Å². The van der Waals surface area contributed by atoms with Crippen LogP contribution in [0, 0.1) is 11.8 Å². The first-order valence-electron chi connectivity index (χ1n) is 9.62. The lowest BCUT2D eigenvalue weighted by molar-refractivity contribution is -0.133. The summed E-state index contributed by atoms with van der Waals surface area (Å²) in [6.45, 7) is 12.3. The Morgan fingerprint density at radius 3 is 2.24 bits per heavy atom. The van der Waals surface area contributed by atoms with E-state index >= 15 is 0 Å². The van der Waals surface area contributed by atoms with Crippen LogP contribution in [0.4, 0.5) is 4.79 Å². The van der Waals surface area contributed by atoms with Crippen molar-refractivity contribution in [1.29, 1.82) is 0 Å². The SMILES string of the molecule is CC(C)[C@H](NC(=O)CN1C(=O)N[C@H](C(C)C)C1=O)C(=O)c1nnc(C(C)(C)C)o1. The molecule has 2 rings (SSSR count). The van der Waals surface area contributed by atoms with Crippen molar-refractivity contribution in [1.82, 2.24) is 25.7 Å². The minimum absolute atomic E-state index is 0.0981. The Hall–Kier alpha value is -2.78. The van der Waals surface area contributed by atoms with Gasteiger partial charge in [0.25, 0.3) is 11.8 Å². The summed E-state index contributed by atoms with van der Waals surface area (Å²) in [7, 11) is 0. The number of hydrogen-bond acceptors (Lipinski definition) is 7. The van der Waals surface area contributed by atoms with Crippen LogP contribution in [0.15, 0.2) is 4.42 Å². The number of Topliss-reactive ketones (excluding diaryl/α,β-unsaturated/α-hetero) is 1. The van der Waals surface area contributed by atoms with Gasteiger partial charge in [-0.05, 0) is 11.8 Å². The molecule has 10 nitrogen and oxygen atoms in total. The average molecular weight is 407 g/mol. The maximum Gasteiger partial charge on any atom is 0.325 e. The third-order valence-corrected chi connectivity index (χ3v) is 4.57. The third kappa shape index (κ3) is 4.99. The monoisotopic (exact) mass is 407 g/mol. The zero-order chi connectivity index (χ0) is 22.1. The molecule has 0 radical (unpaired) electrons. The fourth-order valence-electron chi connectivity index (χ4n) is 2.80. The van der Waals surface area contributed by atoms with Gasteiger partial charge in [-0.2, -0.15) is 0 Å². The number of carbonyl (C=O) groups excluding carboxylic acids is 4. The van der Waals surface area contributed by atoms with Crippen LogP contribution < -0.4 is 10.6 Å². The van der Waals surface area contributed by atoms with E-state index in [1.807, 2.05) is 20.8 Å². The number of rotatable bonds is 7. The van der Waals surface area contributed by atoms with Crippen molar-refractivity contribution in [3.8, 4) is 0 Å². The second kappa shape index (κ2) is 8.30. The summed E-state index contributed by atoms with van der Waals surface area (Å²) >= 11 is 0. The number of imide groups is 1.